The van der Waals surface area contributed by atoms with Crippen molar-refractivity contribution in [1.29, 1.82) is 0 Å². The van der Waals surface area contributed by atoms with Gasteiger partial charge in [0.05, 0.1) is 17.8 Å². The zero-order valence-corrected chi connectivity index (χ0v) is 29.6. The maximum absolute atomic E-state index is 12.8. The smallest absolute Gasteiger partial charge is 0.407 e. The molecule has 1 amide bonds. The Labute approximate surface area is 288 Å². The predicted octanol–water partition coefficient (Wildman–Crippen LogP) is 8.45. The number of nitrogens with one attached hydrogen (secondary N) is 1. The van der Waals surface area contributed by atoms with Crippen molar-refractivity contribution in [3.63, 3.8) is 0 Å². The van der Waals surface area contributed by atoms with Crippen LogP contribution in [0.2, 0.25) is 0 Å². The van der Waals surface area contributed by atoms with Crippen LogP contribution in [0.1, 0.15) is 89.8 Å². The number of hydrogen-bond acceptors (Lipinski definition) is 8. The molecule has 4 aromatic rings. The molecule has 3 aliphatic heterocycles. The molecule has 9 nitrogen and oxygen atoms in total. The third-order valence-electron chi connectivity index (χ3n) is 9.74. The second kappa shape index (κ2) is 14.3. The zero-order valence-electron chi connectivity index (χ0n) is 28.8. The second-order valence-corrected chi connectivity index (χ2v) is 15.4. The van der Waals surface area contributed by atoms with Gasteiger partial charge in [-0.25, -0.2) is 14.5 Å². The molecule has 256 valence electrons. The van der Waals surface area contributed by atoms with Crippen molar-refractivity contribution in [3.05, 3.63) is 48.0 Å². The van der Waals surface area contributed by atoms with Crippen molar-refractivity contribution in [2.45, 2.75) is 101 Å². The summed E-state index contributed by atoms with van der Waals surface area (Å²) in [5, 5.41) is 11.8. The van der Waals surface area contributed by atoms with Gasteiger partial charge in [0.15, 0.2) is 6.23 Å². The van der Waals surface area contributed by atoms with E-state index in [2.05, 4.69) is 63.6 Å². The highest BCUT2D eigenvalue weighted by Gasteiger charge is 2.28. The van der Waals surface area contributed by atoms with Crippen molar-refractivity contribution in [2.24, 2.45) is 0 Å². The first-order valence-corrected chi connectivity index (χ1v) is 18.9. The highest BCUT2D eigenvalue weighted by Crippen LogP contribution is 2.39. The average molecular weight is 672 g/mol. The van der Waals surface area contributed by atoms with Crippen molar-refractivity contribution < 1.29 is 19.0 Å². The Morgan fingerprint density at radius 3 is 2.62 bits per heavy atom. The molecule has 1 N–H and O–H groups in total. The summed E-state index contributed by atoms with van der Waals surface area (Å²) in [7, 11) is 0. The summed E-state index contributed by atoms with van der Waals surface area (Å²) in [4.78, 5) is 21.8. The number of carbonyl (C=O) groups is 1. The van der Waals surface area contributed by atoms with Crippen LogP contribution in [0.15, 0.2) is 47.4 Å². The molecular formula is C38H49N5O4S. The van der Waals surface area contributed by atoms with Gasteiger partial charge in [0.1, 0.15) is 17.1 Å². The molecule has 0 aliphatic carbocycles. The number of pyridine rings is 1. The van der Waals surface area contributed by atoms with E-state index in [0.29, 0.717) is 12.5 Å². The van der Waals surface area contributed by atoms with Crippen LogP contribution in [-0.4, -0.2) is 71.7 Å². The minimum Gasteiger partial charge on any atom is -0.444 e. The van der Waals surface area contributed by atoms with Gasteiger partial charge in [0, 0.05) is 53.9 Å². The van der Waals surface area contributed by atoms with E-state index in [-0.39, 0.29) is 18.4 Å². The Kier molecular flexibility index (Phi) is 9.85. The van der Waals surface area contributed by atoms with E-state index in [4.69, 9.17) is 24.3 Å². The molecule has 3 atom stereocenters. The molecule has 0 bridgehead atoms. The van der Waals surface area contributed by atoms with Gasteiger partial charge in [-0.3, -0.25) is 0 Å². The van der Waals surface area contributed by atoms with E-state index >= 15 is 0 Å². The predicted molar refractivity (Wildman–Crippen MR) is 193 cm³/mol. The van der Waals surface area contributed by atoms with Crippen molar-refractivity contribution >= 4 is 45.3 Å². The highest BCUT2D eigenvalue weighted by molar-refractivity contribution is 7.98. The lowest BCUT2D eigenvalue weighted by molar-refractivity contribution is -0.0365. The topological polar surface area (TPSA) is 90.7 Å². The Hall–Kier alpha value is -3.34. The molecule has 0 radical (unpaired) electrons. The van der Waals surface area contributed by atoms with Gasteiger partial charge >= 0.3 is 6.09 Å². The van der Waals surface area contributed by atoms with E-state index in [0.717, 1.165) is 117 Å². The molecule has 0 spiro atoms. The quantitative estimate of drug-likeness (QED) is 0.204. The maximum atomic E-state index is 12.8. The molecule has 2 aromatic carbocycles. The van der Waals surface area contributed by atoms with Crippen molar-refractivity contribution in [2.75, 3.05) is 44.1 Å². The second-order valence-electron chi connectivity index (χ2n) is 14.5. The van der Waals surface area contributed by atoms with Gasteiger partial charge in [0.25, 0.3) is 0 Å². The van der Waals surface area contributed by atoms with Gasteiger partial charge in [0.2, 0.25) is 0 Å². The van der Waals surface area contributed by atoms with Crippen LogP contribution in [0.4, 0.5) is 10.6 Å². The fourth-order valence-electron chi connectivity index (χ4n) is 7.37. The summed E-state index contributed by atoms with van der Waals surface area (Å²) in [5.41, 5.74) is 3.56. The number of rotatable bonds is 6. The third-order valence-corrected chi connectivity index (χ3v) is 10.5. The number of fused-ring (bicyclic) bond motifs is 2. The number of carbonyl (C=O) groups excluding carboxylic acids is 1. The number of ether oxygens (including phenoxy) is 3. The van der Waals surface area contributed by atoms with Crippen LogP contribution in [-0.2, 0) is 14.2 Å². The molecule has 3 saturated heterocycles. The largest absolute Gasteiger partial charge is 0.444 e. The monoisotopic (exact) mass is 671 g/mol. The van der Waals surface area contributed by atoms with Gasteiger partial charge in [-0.1, -0.05) is 12.1 Å². The van der Waals surface area contributed by atoms with Gasteiger partial charge in [-0.2, -0.15) is 5.10 Å². The van der Waals surface area contributed by atoms with E-state index < -0.39 is 5.60 Å². The average Bonchev–Trinajstić information content (AvgIpc) is 3.32. The maximum Gasteiger partial charge on any atom is 0.407 e. The molecule has 3 aliphatic rings. The molecule has 48 heavy (non-hydrogen) atoms. The Morgan fingerprint density at radius 2 is 1.85 bits per heavy atom. The van der Waals surface area contributed by atoms with Gasteiger partial charge in [-0.05, 0) is 120 Å². The first kappa shape index (κ1) is 33.2. The minimum atomic E-state index is -0.548. The molecule has 2 aromatic heterocycles. The zero-order chi connectivity index (χ0) is 33.3. The first-order valence-electron chi connectivity index (χ1n) is 17.7. The van der Waals surface area contributed by atoms with Crippen LogP contribution in [0, 0.1) is 0 Å². The van der Waals surface area contributed by atoms with Crippen LogP contribution in [0.25, 0.3) is 33.1 Å². The summed E-state index contributed by atoms with van der Waals surface area (Å²) >= 11 is 1.73. The van der Waals surface area contributed by atoms with E-state index in [9.17, 15) is 4.79 Å². The van der Waals surface area contributed by atoms with E-state index in [1.54, 1.807) is 11.8 Å². The summed E-state index contributed by atoms with van der Waals surface area (Å²) < 4.78 is 19.9. The first-order chi connectivity index (χ1) is 23.3. The molecule has 0 saturated carbocycles. The molecule has 5 heterocycles. The SMILES string of the molecule is CSc1ccc2cc(-c3nn(C4CCCCO4)c4ccc(C5CCCOC5)cc34)nc(N3CCCC[C@H](NC(=O)OC(C)(C)C)C3)c2c1. The number of benzene rings is 2. The number of hydrogen-bond donors (Lipinski definition) is 1. The minimum absolute atomic E-state index is 0.0460. The molecule has 10 heteroatoms. The number of amides is 1. The Morgan fingerprint density at radius 1 is 0.979 bits per heavy atom. The summed E-state index contributed by atoms with van der Waals surface area (Å²) in [6.45, 7) is 9.56. The molecule has 3 fully saturated rings. The summed E-state index contributed by atoms with van der Waals surface area (Å²) in [6, 6.07) is 15.6. The van der Waals surface area contributed by atoms with E-state index in [1.165, 1.54) is 10.5 Å². The molecular weight excluding hydrogens is 623 g/mol. The number of aromatic nitrogens is 3. The normalized spacial score (nSPS) is 22.5. The van der Waals surface area contributed by atoms with Gasteiger partial charge in [-0.15, -0.1) is 11.8 Å². The van der Waals surface area contributed by atoms with Crippen LogP contribution in [0.5, 0.6) is 0 Å². The van der Waals surface area contributed by atoms with Crippen LogP contribution in [0.3, 0.4) is 0 Å². The lowest BCUT2D eigenvalue weighted by Gasteiger charge is -2.28. The van der Waals surface area contributed by atoms with Crippen LogP contribution >= 0.6 is 11.8 Å². The lowest BCUT2D eigenvalue weighted by Crippen LogP contribution is -2.45. The van der Waals surface area contributed by atoms with Gasteiger partial charge < -0.3 is 24.4 Å². The number of anilines is 1. The molecule has 7 rings (SSSR count). The molecule has 2 unspecified atom stereocenters. The fourth-order valence-corrected chi connectivity index (χ4v) is 7.81. The van der Waals surface area contributed by atoms with Crippen LogP contribution < -0.4 is 10.2 Å². The number of thioether (sulfide) groups is 1. The summed E-state index contributed by atoms with van der Waals surface area (Å²) in [5.74, 6) is 1.31. The lowest BCUT2D eigenvalue weighted by atomic mass is 9.92. The van der Waals surface area contributed by atoms with Crippen molar-refractivity contribution in [1.82, 2.24) is 20.1 Å². The Balaban J connectivity index is 1.33. The Bertz CT molecular complexity index is 1760. The number of alkyl carbamates (subject to hydrolysis) is 1. The standard InChI is InChI=1S/C38H49N5O4S/c1-38(2,3)47-37(44)39-28-11-5-7-17-42(23-28)36-30-22-29(48-4)15-13-26(30)21-32(40-36)35-31-20-25(27-10-9-18-45-24-27)14-16-33(31)43(41-35)34-12-6-8-19-46-34/h13-16,20-22,27-28,34H,5-12,17-19,23-24H2,1-4H3,(H,39,44)/t27?,28-,34?/m0/s1. The third kappa shape index (κ3) is 7.31. The fraction of sp³-hybridized carbons (Fsp3) is 0.553. The van der Waals surface area contributed by atoms with E-state index in [1.807, 2.05) is 20.8 Å². The summed E-state index contributed by atoms with van der Waals surface area (Å²) in [6.07, 6.45) is 9.96. The highest BCUT2D eigenvalue weighted by atomic mass is 32.2. The van der Waals surface area contributed by atoms with Crippen molar-refractivity contribution in [3.8, 4) is 11.4 Å². The number of nitrogens with zero attached hydrogens (tertiary/aromatic N) is 4.